The largest absolute Gasteiger partial charge is 0.461 e. The number of nitrogens with zero attached hydrogens (tertiary/aromatic N) is 1. The molecule has 1 heterocycles. The predicted octanol–water partition coefficient (Wildman–Crippen LogP) is 1.83. The van der Waals surface area contributed by atoms with Crippen LogP contribution in [-0.4, -0.2) is 22.8 Å². The smallest absolute Gasteiger partial charge is 0.356 e. The van der Waals surface area contributed by atoms with Crippen molar-refractivity contribution in [3.63, 3.8) is 0 Å². The molecule has 1 aliphatic carbocycles. The molecule has 1 fully saturated rings. The standard InChI is InChI=1S/C11H17N3O2/c1-2-16-11(15)9-8(10(12)14-13-9)7-5-3-4-6-7/h7H,2-6H2,1H3,(H3,12,13,14). The van der Waals surface area contributed by atoms with Crippen LogP contribution in [-0.2, 0) is 4.74 Å². The van der Waals surface area contributed by atoms with Gasteiger partial charge in [0.15, 0.2) is 0 Å². The van der Waals surface area contributed by atoms with Crippen LogP contribution in [0.2, 0.25) is 0 Å². The number of aromatic nitrogens is 2. The SMILES string of the molecule is CCOC(=O)c1[nH]nc(N)c1C1CCCC1. The highest BCUT2D eigenvalue weighted by Crippen LogP contribution is 2.38. The van der Waals surface area contributed by atoms with E-state index in [9.17, 15) is 4.79 Å². The van der Waals surface area contributed by atoms with E-state index < -0.39 is 0 Å². The van der Waals surface area contributed by atoms with Gasteiger partial charge in [-0.15, -0.1) is 0 Å². The number of rotatable bonds is 3. The topological polar surface area (TPSA) is 81.0 Å². The summed E-state index contributed by atoms with van der Waals surface area (Å²) in [5.41, 5.74) is 7.10. The lowest BCUT2D eigenvalue weighted by atomic mass is 9.97. The van der Waals surface area contributed by atoms with Gasteiger partial charge in [0.2, 0.25) is 0 Å². The van der Waals surface area contributed by atoms with E-state index in [0.717, 1.165) is 18.4 Å². The highest BCUT2D eigenvalue weighted by Gasteiger charge is 2.27. The first-order valence-electron chi connectivity index (χ1n) is 5.75. The van der Waals surface area contributed by atoms with Crippen molar-refractivity contribution in [3.05, 3.63) is 11.3 Å². The lowest BCUT2D eigenvalue weighted by Crippen LogP contribution is -2.10. The number of carbonyl (C=O) groups is 1. The molecule has 1 aliphatic rings. The van der Waals surface area contributed by atoms with Crippen LogP contribution >= 0.6 is 0 Å². The number of nitrogens with one attached hydrogen (secondary N) is 1. The number of esters is 1. The highest BCUT2D eigenvalue weighted by molar-refractivity contribution is 5.90. The fourth-order valence-corrected chi connectivity index (χ4v) is 2.35. The summed E-state index contributed by atoms with van der Waals surface area (Å²) < 4.78 is 4.98. The van der Waals surface area contributed by atoms with Crippen molar-refractivity contribution in [1.29, 1.82) is 0 Å². The van der Waals surface area contributed by atoms with Crippen molar-refractivity contribution in [2.45, 2.75) is 38.5 Å². The summed E-state index contributed by atoms with van der Waals surface area (Å²) in [7, 11) is 0. The molecule has 5 heteroatoms. The Kier molecular flexibility index (Phi) is 3.12. The van der Waals surface area contributed by atoms with E-state index in [1.807, 2.05) is 0 Å². The monoisotopic (exact) mass is 223 g/mol. The molecule has 88 valence electrons. The number of nitrogens with two attached hydrogens (primary N) is 1. The molecule has 1 aromatic heterocycles. The third kappa shape index (κ3) is 1.89. The average molecular weight is 223 g/mol. The second kappa shape index (κ2) is 4.55. The van der Waals surface area contributed by atoms with Crippen LogP contribution in [0.4, 0.5) is 5.82 Å². The highest BCUT2D eigenvalue weighted by atomic mass is 16.5. The predicted molar refractivity (Wildman–Crippen MR) is 60.2 cm³/mol. The Morgan fingerprint density at radius 2 is 2.25 bits per heavy atom. The van der Waals surface area contributed by atoms with E-state index in [2.05, 4.69) is 10.2 Å². The van der Waals surface area contributed by atoms with Crippen LogP contribution in [0.25, 0.3) is 0 Å². The van der Waals surface area contributed by atoms with Crippen LogP contribution < -0.4 is 5.73 Å². The second-order valence-electron chi connectivity index (χ2n) is 4.10. The summed E-state index contributed by atoms with van der Waals surface area (Å²) in [5.74, 6) is 0.446. The van der Waals surface area contributed by atoms with Crippen molar-refractivity contribution < 1.29 is 9.53 Å². The molecule has 5 nitrogen and oxygen atoms in total. The summed E-state index contributed by atoms with van der Waals surface area (Å²) in [4.78, 5) is 11.7. The number of H-pyrrole nitrogens is 1. The summed E-state index contributed by atoms with van der Waals surface area (Å²) in [6, 6.07) is 0. The minimum atomic E-state index is -0.353. The fraction of sp³-hybridized carbons (Fsp3) is 0.636. The molecular formula is C11H17N3O2. The summed E-state index contributed by atoms with van der Waals surface area (Å²) in [6.07, 6.45) is 4.54. The van der Waals surface area contributed by atoms with E-state index in [-0.39, 0.29) is 5.97 Å². The van der Waals surface area contributed by atoms with Crippen molar-refractivity contribution in [1.82, 2.24) is 10.2 Å². The summed E-state index contributed by atoms with van der Waals surface area (Å²) in [5, 5.41) is 6.60. The maximum absolute atomic E-state index is 11.7. The molecule has 0 radical (unpaired) electrons. The summed E-state index contributed by atoms with van der Waals surface area (Å²) >= 11 is 0. The quantitative estimate of drug-likeness (QED) is 0.766. The van der Waals surface area contributed by atoms with Gasteiger partial charge in [0, 0.05) is 5.56 Å². The number of hydrogen-bond donors (Lipinski definition) is 2. The van der Waals surface area contributed by atoms with Gasteiger partial charge in [-0.25, -0.2) is 4.79 Å². The van der Waals surface area contributed by atoms with E-state index in [1.165, 1.54) is 12.8 Å². The molecule has 2 rings (SSSR count). The van der Waals surface area contributed by atoms with Crippen LogP contribution in [0.3, 0.4) is 0 Å². The molecule has 0 saturated heterocycles. The molecule has 0 spiro atoms. The number of anilines is 1. The number of carbonyl (C=O) groups excluding carboxylic acids is 1. The molecule has 0 atom stereocenters. The molecule has 16 heavy (non-hydrogen) atoms. The van der Waals surface area contributed by atoms with Gasteiger partial charge in [0.1, 0.15) is 11.5 Å². The van der Waals surface area contributed by atoms with Gasteiger partial charge in [0.05, 0.1) is 6.61 Å². The first-order chi connectivity index (χ1) is 7.74. The van der Waals surface area contributed by atoms with Crippen molar-refractivity contribution >= 4 is 11.8 Å². The molecule has 0 aliphatic heterocycles. The van der Waals surface area contributed by atoms with E-state index in [0.29, 0.717) is 24.0 Å². The normalized spacial score (nSPS) is 16.6. The Hall–Kier alpha value is -1.52. The Morgan fingerprint density at radius 3 is 2.88 bits per heavy atom. The zero-order valence-electron chi connectivity index (χ0n) is 9.45. The first-order valence-corrected chi connectivity index (χ1v) is 5.75. The first kappa shape index (κ1) is 11.0. The van der Waals surface area contributed by atoms with E-state index >= 15 is 0 Å². The zero-order chi connectivity index (χ0) is 11.5. The van der Waals surface area contributed by atoms with E-state index in [1.54, 1.807) is 6.92 Å². The molecule has 0 amide bonds. The van der Waals surface area contributed by atoms with Crippen LogP contribution in [0.1, 0.15) is 54.6 Å². The lowest BCUT2D eigenvalue weighted by molar-refractivity contribution is 0.0517. The molecule has 3 N–H and O–H groups in total. The van der Waals surface area contributed by atoms with Crippen molar-refractivity contribution in [2.75, 3.05) is 12.3 Å². The van der Waals surface area contributed by atoms with Gasteiger partial charge < -0.3 is 10.5 Å². The maximum atomic E-state index is 11.7. The maximum Gasteiger partial charge on any atom is 0.356 e. The molecule has 0 aromatic carbocycles. The lowest BCUT2D eigenvalue weighted by Gasteiger charge is -2.09. The Labute approximate surface area is 94.4 Å². The van der Waals surface area contributed by atoms with Crippen LogP contribution in [0, 0.1) is 0 Å². The number of nitrogen functional groups attached to an aromatic ring is 1. The fourth-order valence-electron chi connectivity index (χ4n) is 2.35. The van der Waals surface area contributed by atoms with Gasteiger partial charge in [-0.1, -0.05) is 12.8 Å². The minimum Gasteiger partial charge on any atom is -0.461 e. The van der Waals surface area contributed by atoms with Crippen molar-refractivity contribution in [3.8, 4) is 0 Å². The van der Waals surface area contributed by atoms with E-state index in [4.69, 9.17) is 10.5 Å². The number of ether oxygens (including phenoxy) is 1. The number of hydrogen-bond acceptors (Lipinski definition) is 4. The van der Waals surface area contributed by atoms with Crippen LogP contribution in [0.15, 0.2) is 0 Å². The van der Waals surface area contributed by atoms with Gasteiger partial charge in [-0.05, 0) is 25.7 Å². The Balaban J connectivity index is 2.27. The molecular weight excluding hydrogens is 206 g/mol. The average Bonchev–Trinajstić information content (AvgIpc) is 2.86. The minimum absolute atomic E-state index is 0.353. The Bertz CT molecular complexity index is 381. The number of aromatic amines is 1. The third-order valence-electron chi connectivity index (χ3n) is 3.08. The van der Waals surface area contributed by atoms with Crippen LogP contribution in [0.5, 0.6) is 0 Å². The summed E-state index contributed by atoms with van der Waals surface area (Å²) in [6.45, 7) is 2.15. The third-order valence-corrected chi connectivity index (χ3v) is 3.08. The Morgan fingerprint density at radius 1 is 1.56 bits per heavy atom. The van der Waals surface area contributed by atoms with Gasteiger partial charge in [-0.3, -0.25) is 5.10 Å². The molecule has 1 saturated carbocycles. The zero-order valence-corrected chi connectivity index (χ0v) is 9.45. The van der Waals surface area contributed by atoms with Gasteiger partial charge in [-0.2, -0.15) is 5.10 Å². The van der Waals surface area contributed by atoms with Gasteiger partial charge >= 0.3 is 5.97 Å². The molecule has 1 aromatic rings. The second-order valence-corrected chi connectivity index (χ2v) is 4.10. The molecule has 0 bridgehead atoms. The van der Waals surface area contributed by atoms with Gasteiger partial charge in [0.25, 0.3) is 0 Å². The van der Waals surface area contributed by atoms with Crippen molar-refractivity contribution in [2.24, 2.45) is 0 Å². The molecule has 0 unspecified atom stereocenters.